The van der Waals surface area contributed by atoms with Crippen LogP contribution in [0.5, 0.6) is 0 Å². The van der Waals surface area contributed by atoms with Gasteiger partial charge in [-0.05, 0) is 33.4 Å². The lowest BCUT2D eigenvalue weighted by Crippen LogP contribution is -2.57. The largest absolute Gasteiger partial charge is 0.329 e. The van der Waals surface area contributed by atoms with Crippen molar-refractivity contribution < 1.29 is 8.42 Å². The van der Waals surface area contributed by atoms with Crippen LogP contribution in [0.2, 0.25) is 0 Å². The van der Waals surface area contributed by atoms with Crippen LogP contribution in [0.3, 0.4) is 0 Å². The Morgan fingerprint density at radius 2 is 2.20 bits per heavy atom. The predicted molar refractivity (Wildman–Crippen MR) is 76.7 cm³/mol. The maximum atomic E-state index is 12.2. The van der Waals surface area contributed by atoms with E-state index >= 15 is 0 Å². The molecule has 0 bridgehead atoms. The number of nitrogens with zero attached hydrogens (tertiary/aromatic N) is 3. The van der Waals surface area contributed by atoms with Crippen molar-refractivity contribution >= 4 is 10.0 Å². The maximum Gasteiger partial charge on any atom is 0.243 e. The van der Waals surface area contributed by atoms with Crippen molar-refractivity contribution in [2.24, 2.45) is 5.73 Å². The van der Waals surface area contributed by atoms with Crippen LogP contribution < -0.4 is 10.5 Å². The monoisotopic (exact) mass is 301 g/mol. The van der Waals surface area contributed by atoms with Crippen molar-refractivity contribution in [3.05, 3.63) is 12.4 Å². The molecule has 1 aromatic rings. The minimum Gasteiger partial charge on any atom is -0.329 e. The Balaban J connectivity index is 2.03. The molecule has 0 radical (unpaired) electrons. The first-order chi connectivity index (χ1) is 9.39. The third kappa shape index (κ3) is 3.03. The van der Waals surface area contributed by atoms with Crippen molar-refractivity contribution in [1.82, 2.24) is 19.4 Å². The molecule has 114 valence electrons. The van der Waals surface area contributed by atoms with Gasteiger partial charge >= 0.3 is 0 Å². The van der Waals surface area contributed by atoms with E-state index in [1.54, 1.807) is 4.68 Å². The van der Waals surface area contributed by atoms with Gasteiger partial charge in [-0.3, -0.25) is 4.68 Å². The van der Waals surface area contributed by atoms with Crippen LogP contribution in [0.15, 0.2) is 17.3 Å². The topological polar surface area (TPSA) is 93.2 Å². The van der Waals surface area contributed by atoms with Gasteiger partial charge in [0.1, 0.15) is 4.90 Å². The Labute approximate surface area is 120 Å². The number of nitrogens with two attached hydrogens (primary N) is 1. The Bertz CT molecular complexity index is 548. The summed E-state index contributed by atoms with van der Waals surface area (Å²) in [6.07, 6.45) is 6.07. The van der Waals surface area contributed by atoms with Crippen molar-refractivity contribution in [2.75, 3.05) is 27.2 Å². The van der Waals surface area contributed by atoms with Gasteiger partial charge in [-0.1, -0.05) is 0 Å². The number of sulfonamides is 1. The minimum atomic E-state index is -3.50. The molecule has 1 aliphatic carbocycles. The first-order valence-corrected chi connectivity index (χ1v) is 8.28. The van der Waals surface area contributed by atoms with Gasteiger partial charge in [0.25, 0.3) is 0 Å². The van der Waals surface area contributed by atoms with Crippen LogP contribution in [-0.4, -0.2) is 55.8 Å². The van der Waals surface area contributed by atoms with Gasteiger partial charge in [0.2, 0.25) is 10.0 Å². The van der Waals surface area contributed by atoms with E-state index in [0.29, 0.717) is 19.6 Å². The van der Waals surface area contributed by atoms with E-state index in [4.69, 9.17) is 5.73 Å². The minimum absolute atomic E-state index is 0.0413. The normalized spacial score (nSPS) is 18.2. The molecule has 0 amide bonds. The lowest BCUT2D eigenvalue weighted by Gasteiger charge is -2.47. The highest BCUT2D eigenvalue weighted by Crippen LogP contribution is 2.35. The summed E-state index contributed by atoms with van der Waals surface area (Å²) in [6, 6.07) is 0. The van der Waals surface area contributed by atoms with Gasteiger partial charge < -0.3 is 10.6 Å². The maximum absolute atomic E-state index is 12.2. The predicted octanol–water partition coefficient (Wildman–Crippen LogP) is -0.396. The molecule has 20 heavy (non-hydrogen) atoms. The molecule has 2 rings (SSSR count). The first kappa shape index (κ1) is 15.4. The molecule has 3 N–H and O–H groups in total. The van der Waals surface area contributed by atoms with Crippen molar-refractivity contribution in [3.63, 3.8) is 0 Å². The van der Waals surface area contributed by atoms with E-state index in [0.717, 1.165) is 19.3 Å². The van der Waals surface area contributed by atoms with Gasteiger partial charge in [-0.25, -0.2) is 13.1 Å². The van der Waals surface area contributed by atoms with E-state index in [1.807, 2.05) is 14.1 Å². The SMILES string of the molecule is CN(C)C1(CNS(=O)(=O)c2cnn(CCN)c2)CCC1. The summed E-state index contributed by atoms with van der Waals surface area (Å²) in [4.78, 5) is 2.30. The molecule has 0 saturated heterocycles. The van der Waals surface area contributed by atoms with Gasteiger partial charge in [-0.15, -0.1) is 0 Å². The molecule has 1 heterocycles. The molecule has 0 atom stereocenters. The number of rotatable bonds is 7. The Kier molecular flexibility index (Phi) is 4.48. The highest BCUT2D eigenvalue weighted by atomic mass is 32.2. The van der Waals surface area contributed by atoms with E-state index < -0.39 is 10.0 Å². The summed E-state index contributed by atoms with van der Waals surface area (Å²) in [6.45, 7) is 1.37. The average molecular weight is 301 g/mol. The zero-order valence-corrected chi connectivity index (χ0v) is 12.9. The van der Waals surface area contributed by atoms with Gasteiger partial charge in [0.15, 0.2) is 0 Å². The van der Waals surface area contributed by atoms with Gasteiger partial charge in [-0.2, -0.15) is 5.10 Å². The molecular weight excluding hydrogens is 278 g/mol. The molecule has 0 aliphatic heterocycles. The fourth-order valence-corrected chi connectivity index (χ4v) is 3.49. The average Bonchev–Trinajstić information content (AvgIpc) is 2.76. The summed E-state index contributed by atoms with van der Waals surface area (Å²) >= 11 is 0. The lowest BCUT2D eigenvalue weighted by molar-refractivity contribution is 0.0657. The molecule has 7 nitrogen and oxygen atoms in total. The quantitative estimate of drug-likeness (QED) is 0.715. The number of aromatic nitrogens is 2. The van der Waals surface area contributed by atoms with Gasteiger partial charge in [0.05, 0.1) is 12.7 Å². The third-order valence-corrected chi connectivity index (χ3v) is 5.46. The van der Waals surface area contributed by atoms with Crippen LogP contribution in [0.4, 0.5) is 0 Å². The number of hydrogen-bond donors (Lipinski definition) is 2. The summed E-state index contributed by atoms with van der Waals surface area (Å²) < 4.78 is 28.7. The van der Waals surface area contributed by atoms with E-state index in [1.165, 1.54) is 12.4 Å². The highest BCUT2D eigenvalue weighted by molar-refractivity contribution is 7.89. The van der Waals surface area contributed by atoms with Crippen LogP contribution in [-0.2, 0) is 16.6 Å². The van der Waals surface area contributed by atoms with Crippen LogP contribution in [0, 0.1) is 0 Å². The van der Waals surface area contributed by atoms with Gasteiger partial charge in [0, 0.05) is 24.8 Å². The number of nitrogens with one attached hydrogen (secondary N) is 1. The second-order valence-electron chi connectivity index (χ2n) is 5.52. The molecule has 1 saturated carbocycles. The lowest BCUT2D eigenvalue weighted by atomic mass is 9.76. The number of likely N-dealkylation sites (N-methyl/N-ethyl adjacent to an activating group) is 1. The second-order valence-corrected chi connectivity index (χ2v) is 7.29. The second kappa shape index (κ2) is 5.80. The number of hydrogen-bond acceptors (Lipinski definition) is 5. The smallest absolute Gasteiger partial charge is 0.243 e. The highest BCUT2D eigenvalue weighted by Gasteiger charge is 2.39. The molecule has 1 fully saturated rings. The molecular formula is C12H23N5O2S. The molecule has 0 unspecified atom stereocenters. The zero-order valence-electron chi connectivity index (χ0n) is 12.0. The summed E-state index contributed by atoms with van der Waals surface area (Å²) in [5.41, 5.74) is 5.38. The Hall–Kier alpha value is -0.960. The van der Waals surface area contributed by atoms with Crippen LogP contribution in [0.25, 0.3) is 0 Å². The molecule has 1 aromatic heterocycles. The molecule has 0 spiro atoms. The van der Waals surface area contributed by atoms with E-state index in [9.17, 15) is 8.42 Å². The Morgan fingerprint density at radius 1 is 1.50 bits per heavy atom. The summed E-state index contributed by atoms with van der Waals surface area (Å²) in [5.74, 6) is 0. The van der Waals surface area contributed by atoms with Crippen molar-refractivity contribution in [1.29, 1.82) is 0 Å². The van der Waals surface area contributed by atoms with Crippen LogP contribution >= 0.6 is 0 Å². The molecule has 8 heteroatoms. The van der Waals surface area contributed by atoms with Crippen LogP contribution in [0.1, 0.15) is 19.3 Å². The zero-order chi connectivity index (χ0) is 14.8. The van der Waals surface area contributed by atoms with Crippen molar-refractivity contribution in [2.45, 2.75) is 36.2 Å². The summed E-state index contributed by atoms with van der Waals surface area (Å²) in [7, 11) is 0.484. The van der Waals surface area contributed by atoms with Crippen molar-refractivity contribution in [3.8, 4) is 0 Å². The van der Waals surface area contributed by atoms with E-state index in [2.05, 4.69) is 14.7 Å². The third-order valence-electron chi connectivity index (χ3n) is 4.10. The molecule has 0 aromatic carbocycles. The van der Waals surface area contributed by atoms with E-state index in [-0.39, 0.29) is 10.4 Å². The Morgan fingerprint density at radius 3 is 2.70 bits per heavy atom. The summed E-state index contributed by atoms with van der Waals surface area (Å²) in [5, 5.41) is 3.99. The fraction of sp³-hybridized carbons (Fsp3) is 0.750. The molecule has 1 aliphatic rings. The first-order valence-electron chi connectivity index (χ1n) is 6.79. The standard InChI is InChI=1S/C12H23N5O2S/c1-16(2)12(4-3-5-12)10-15-20(18,19)11-8-14-17(9-11)7-6-13/h8-9,15H,3-7,10,13H2,1-2H3. The fourth-order valence-electron chi connectivity index (χ4n) is 2.42.